The minimum atomic E-state index is 0.831. The van der Waals surface area contributed by atoms with Crippen molar-refractivity contribution >= 4 is 11.8 Å². The quantitative estimate of drug-likeness (QED) is 0.453. The van der Waals surface area contributed by atoms with Gasteiger partial charge in [0, 0.05) is 0 Å². The maximum absolute atomic E-state index is 8.25. The minimum Gasteiger partial charge on any atom is -0.497 e. The summed E-state index contributed by atoms with van der Waals surface area (Å²) in [4.78, 5) is 0. The molecule has 0 fully saturated rings. The molecule has 1 rings (SSSR count). The molecule has 1 aromatic carbocycles. The molecule has 3 nitrogen and oxygen atoms in total. The summed E-state index contributed by atoms with van der Waals surface area (Å²) in [6, 6.07) is 7.69. The third-order valence-corrected chi connectivity index (χ3v) is 1.94. The molecule has 0 atom stereocenters. The minimum absolute atomic E-state index is 0.831. The Morgan fingerprint density at radius 1 is 1.36 bits per heavy atom. The summed E-state index contributed by atoms with van der Waals surface area (Å²) >= 11 is 0. The van der Waals surface area contributed by atoms with Gasteiger partial charge in [0.25, 0.3) is 0 Å². The van der Waals surface area contributed by atoms with Crippen molar-refractivity contribution in [1.82, 2.24) is 0 Å². The molecular weight excluding hydrogens is 178 g/mol. The topological polar surface area (TPSA) is 41.8 Å². The fourth-order valence-corrected chi connectivity index (χ4v) is 1.10. The first kappa shape index (κ1) is 10.3. The zero-order chi connectivity index (χ0) is 10.4. The van der Waals surface area contributed by atoms with Crippen LogP contribution in [0.1, 0.15) is 12.5 Å². The molecule has 0 heterocycles. The molecule has 3 heteroatoms. The highest BCUT2D eigenvalue weighted by Gasteiger charge is 1.95. The Morgan fingerprint density at radius 3 is 2.50 bits per heavy atom. The van der Waals surface area contributed by atoms with E-state index in [9.17, 15) is 0 Å². The van der Waals surface area contributed by atoms with Crippen LogP contribution in [-0.2, 0) is 0 Å². The molecule has 0 radical (unpaired) electrons. The predicted octanol–water partition coefficient (Wildman–Crippen LogP) is 2.56. The van der Waals surface area contributed by atoms with Gasteiger partial charge in [-0.2, -0.15) is 0 Å². The molecule has 0 aliphatic heterocycles. The SMILES string of the molecule is COc1ccc(C(C)=CC=NO)cc1. The number of benzene rings is 1. The van der Waals surface area contributed by atoms with Gasteiger partial charge in [0.1, 0.15) is 5.75 Å². The van der Waals surface area contributed by atoms with E-state index < -0.39 is 0 Å². The molecular formula is C11H13NO2. The normalized spacial score (nSPS) is 12.0. The van der Waals surface area contributed by atoms with Crippen LogP contribution in [0, 0.1) is 0 Å². The molecule has 0 unspecified atom stereocenters. The van der Waals surface area contributed by atoms with Crippen LogP contribution < -0.4 is 4.74 Å². The number of methoxy groups -OCH3 is 1. The van der Waals surface area contributed by atoms with E-state index in [0.717, 1.165) is 16.9 Å². The monoisotopic (exact) mass is 191 g/mol. The van der Waals surface area contributed by atoms with Crippen molar-refractivity contribution in [2.75, 3.05) is 7.11 Å². The van der Waals surface area contributed by atoms with E-state index in [2.05, 4.69) is 5.16 Å². The smallest absolute Gasteiger partial charge is 0.118 e. The molecule has 0 spiro atoms. The van der Waals surface area contributed by atoms with Gasteiger partial charge < -0.3 is 9.94 Å². The molecule has 0 aliphatic rings. The van der Waals surface area contributed by atoms with E-state index in [1.165, 1.54) is 6.21 Å². The Labute approximate surface area is 83.3 Å². The molecule has 0 amide bonds. The van der Waals surface area contributed by atoms with Crippen LogP contribution in [0.2, 0.25) is 0 Å². The van der Waals surface area contributed by atoms with Crippen LogP contribution in [0.25, 0.3) is 5.57 Å². The van der Waals surface area contributed by atoms with E-state index in [4.69, 9.17) is 9.94 Å². The molecule has 74 valence electrons. The van der Waals surface area contributed by atoms with Crippen LogP contribution in [0.5, 0.6) is 5.75 Å². The highest BCUT2D eigenvalue weighted by Crippen LogP contribution is 2.17. The average Bonchev–Trinajstić information content (AvgIpc) is 2.26. The van der Waals surface area contributed by atoms with Crippen LogP contribution in [0.4, 0.5) is 0 Å². The van der Waals surface area contributed by atoms with Gasteiger partial charge in [0.2, 0.25) is 0 Å². The second-order valence-electron chi connectivity index (χ2n) is 2.84. The first-order valence-electron chi connectivity index (χ1n) is 4.26. The third kappa shape index (κ3) is 2.62. The molecule has 0 bridgehead atoms. The second kappa shape index (κ2) is 5.07. The van der Waals surface area contributed by atoms with E-state index in [0.29, 0.717) is 0 Å². The van der Waals surface area contributed by atoms with Crippen LogP contribution in [-0.4, -0.2) is 18.5 Å². The number of ether oxygens (including phenoxy) is 1. The lowest BCUT2D eigenvalue weighted by atomic mass is 10.1. The predicted molar refractivity (Wildman–Crippen MR) is 56.9 cm³/mol. The standard InChI is InChI=1S/C11H13NO2/c1-9(7-8-12-13)10-3-5-11(14-2)6-4-10/h3-8,13H,1-2H3. The summed E-state index contributed by atoms with van der Waals surface area (Å²) in [5.74, 6) is 0.831. The Morgan fingerprint density at radius 2 is 2.00 bits per heavy atom. The van der Waals surface area contributed by atoms with E-state index in [1.807, 2.05) is 31.2 Å². The van der Waals surface area contributed by atoms with Crippen molar-refractivity contribution in [3.05, 3.63) is 35.9 Å². The number of hydrogen-bond acceptors (Lipinski definition) is 3. The lowest BCUT2D eigenvalue weighted by molar-refractivity contribution is 0.322. The summed E-state index contributed by atoms with van der Waals surface area (Å²) < 4.78 is 5.04. The van der Waals surface area contributed by atoms with Gasteiger partial charge in [0.05, 0.1) is 13.3 Å². The lowest BCUT2D eigenvalue weighted by Gasteiger charge is -2.02. The van der Waals surface area contributed by atoms with Gasteiger partial charge in [-0.15, -0.1) is 0 Å². The van der Waals surface area contributed by atoms with Gasteiger partial charge in [-0.25, -0.2) is 0 Å². The van der Waals surface area contributed by atoms with Crippen molar-refractivity contribution in [2.24, 2.45) is 5.16 Å². The first-order chi connectivity index (χ1) is 6.77. The summed E-state index contributed by atoms with van der Waals surface area (Å²) in [5, 5.41) is 11.2. The summed E-state index contributed by atoms with van der Waals surface area (Å²) in [6.45, 7) is 1.95. The molecule has 0 aromatic heterocycles. The molecule has 0 saturated carbocycles. The van der Waals surface area contributed by atoms with Crippen LogP contribution in [0.3, 0.4) is 0 Å². The van der Waals surface area contributed by atoms with Crippen LogP contribution >= 0.6 is 0 Å². The molecule has 0 saturated heterocycles. The van der Waals surface area contributed by atoms with Gasteiger partial charge in [-0.1, -0.05) is 17.3 Å². The highest BCUT2D eigenvalue weighted by molar-refractivity contribution is 5.83. The van der Waals surface area contributed by atoms with Gasteiger partial charge >= 0.3 is 0 Å². The fourth-order valence-electron chi connectivity index (χ4n) is 1.10. The molecule has 0 aliphatic carbocycles. The zero-order valence-corrected chi connectivity index (χ0v) is 8.27. The Balaban J connectivity index is 2.86. The third-order valence-electron chi connectivity index (χ3n) is 1.94. The molecule has 1 N–H and O–H groups in total. The number of oxime groups is 1. The lowest BCUT2D eigenvalue weighted by Crippen LogP contribution is -1.84. The number of hydrogen-bond donors (Lipinski definition) is 1. The molecule has 14 heavy (non-hydrogen) atoms. The van der Waals surface area contributed by atoms with E-state index >= 15 is 0 Å². The van der Waals surface area contributed by atoms with Crippen molar-refractivity contribution in [3.63, 3.8) is 0 Å². The first-order valence-corrected chi connectivity index (χ1v) is 4.26. The van der Waals surface area contributed by atoms with Gasteiger partial charge in [-0.05, 0) is 36.3 Å². The number of nitrogens with zero attached hydrogens (tertiary/aromatic N) is 1. The second-order valence-corrected chi connectivity index (χ2v) is 2.84. The molecule has 1 aromatic rings. The van der Waals surface area contributed by atoms with E-state index in [-0.39, 0.29) is 0 Å². The maximum atomic E-state index is 8.25. The van der Waals surface area contributed by atoms with Crippen molar-refractivity contribution < 1.29 is 9.94 Å². The Hall–Kier alpha value is -1.77. The fraction of sp³-hybridized carbons (Fsp3) is 0.182. The summed E-state index contributed by atoms with van der Waals surface area (Å²) in [7, 11) is 1.64. The van der Waals surface area contributed by atoms with Crippen molar-refractivity contribution in [3.8, 4) is 5.75 Å². The van der Waals surface area contributed by atoms with Crippen molar-refractivity contribution in [2.45, 2.75) is 6.92 Å². The zero-order valence-electron chi connectivity index (χ0n) is 8.27. The number of allylic oxidation sites excluding steroid dienone is 2. The number of rotatable bonds is 3. The summed E-state index contributed by atoms with van der Waals surface area (Å²) in [6.07, 6.45) is 3.08. The van der Waals surface area contributed by atoms with Crippen LogP contribution in [0.15, 0.2) is 35.5 Å². The Kier molecular flexibility index (Phi) is 3.73. The average molecular weight is 191 g/mol. The van der Waals surface area contributed by atoms with Gasteiger partial charge in [0.15, 0.2) is 0 Å². The van der Waals surface area contributed by atoms with Gasteiger partial charge in [-0.3, -0.25) is 0 Å². The largest absolute Gasteiger partial charge is 0.497 e. The van der Waals surface area contributed by atoms with E-state index in [1.54, 1.807) is 13.2 Å². The summed E-state index contributed by atoms with van der Waals surface area (Å²) in [5.41, 5.74) is 2.11. The maximum Gasteiger partial charge on any atom is 0.118 e. The Bertz CT molecular complexity index is 339. The van der Waals surface area contributed by atoms with Crippen molar-refractivity contribution in [1.29, 1.82) is 0 Å². The highest BCUT2D eigenvalue weighted by atomic mass is 16.5.